The van der Waals surface area contributed by atoms with Crippen molar-refractivity contribution in [2.45, 2.75) is 0 Å². The first-order chi connectivity index (χ1) is 10.6. The molecular weight excluding hydrogens is 316 g/mol. The van der Waals surface area contributed by atoms with Crippen molar-refractivity contribution < 1.29 is 9.00 Å². The Morgan fingerprint density at radius 2 is 1.57 bits per heavy atom. The number of carbonyl (C=O) groups is 1. The molecule has 6 nitrogen and oxygen atoms in total. The summed E-state index contributed by atoms with van der Waals surface area (Å²) < 4.78 is 14.8. The maximum Gasteiger partial charge on any atom is 0.330 e. The molecule has 0 unspecified atom stereocenters. The van der Waals surface area contributed by atoms with Crippen LogP contribution in [0.2, 0.25) is 0 Å². The van der Waals surface area contributed by atoms with Crippen molar-refractivity contribution in [2.24, 2.45) is 14.1 Å². The number of hydrogen-bond donors (Lipinski definition) is 0. The Morgan fingerprint density at radius 3 is 2.09 bits per heavy atom. The summed E-state index contributed by atoms with van der Waals surface area (Å²) in [6.45, 7) is 0. The fraction of sp³-hybridized carbons (Fsp3) is 0.250. The lowest BCUT2D eigenvalue weighted by molar-refractivity contribution is 0.106. The largest absolute Gasteiger partial charge is 0.330 e. The van der Waals surface area contributed by atoms with Gasteiger partial charge in [0.1, 0.15) is 0 Å². The molecule has 7 heteroatoms. The maximum absolute atomic E-state index is 12.8. The zero-order valence-electron chi connectivity index (χ0n) is 13.4. The summed E-state index contributed by atoms with van der Waals surface area (Å²) in [5, 5.41) is 0. The van der Waals surface area contributed by atoms with Gasteiger partial charge >= 0.3 is 5.69 Å². The monoisotopic (exact) mass is 334 g/mol. The number of Topliss-reactive ketones (excluding diaryl/α,β-unsaturated/α-hetero) is 1. The molecule has 1 aromatic carbocycles. The van der Waals surface area contributed by atoms with Crippen molar-refractivity contribution in [3.05, 3.63) is 68.5 Å². The predicted octanol–water partition coefficient (Wildman–Crippen LogP) is 0.0314. The van der Waals surface area contributed by atoms with E-state index in [1.165, 1.54) is 37.2 Å². The summed E-state index contributed by atoms with van der Waals surface area (Å²) in [7, 11) is 0.0696. The van der Waals surface area contributed by atoms with Crippen LogP contribution in [0.1, 0.15) is 16.1 Å². The van der Waals surface area contributed by atoms with E-state index < -0.39 is 26.6 Å². The summed E-state index contributed by atoms with van der Waals surface area (Å²) >= 11 is 0. The molecule has 1 aromatic heterocycles. The molecule has 0 spiro atoms. The van der Waals surface area contributed by atoms with E-state index in [1.54, 1.807) is 30.3 Å². The minimum atomic E-state index is -2.72. The predicted molar refractivity (Wildman–Crippen MR) is 91.8 cm³/mol. The van der Waals surface area contributed by atoms with Gasteiger partial charge in [-0.05, 0) is 9.52 Å². The third-order valence-corrected chi connectivity index (χ3v) is 4.87. The second-order valence-corrected chi connectivity index (χ2v) is 8.40. The molecule has 0 atom stereocenters. The van der Waals surface area contributed by atoms with E-state index in [2.05, 4.69) is 0 Å². The van der Waals surface area contributed by atoms with Gasteiger partial charge < -0.3 is 0 Å². The van der Waals surface area contributed by atoms with E-state index in [1.807, 2.05) is 0 Å². The number of hydrogen-bond acceptors (Lipinski definition) is 4. The Morgan fingerprint density at radius 1 is 1.00 bits per heavy atom. The van der Waals surface area contributed by atoms with Gasteiger partial charge in [0.2, 0.25) is 5.78 Å². The van der Waals surface area contributed by atoms with Crippen LogP contribution in [0.3, 0.4) is 0 Å². The smallest absolute Gasteiger partial charge is 0.295 e. The highest BCUT2D eigenvalue weighted by atomic mass is 32.2. The highest BCUT2D eigenvalue weighted by Crippen LogP contribution is 2.09. The fourth-order valence-electron chi connectivity index (χ4n) is 2.26. The second kappa shape index (κ2) is 6.00. The number of carbonyl (C=O) groups excluding carboxylic acids is 1. The van der Waals surface area contributed by atoms with Crippen molar-refractivity contribution in [3.8, 4) is 0 Å². The van der Waals surface area contributed by atoms with Gasteiger partial charge in [0, 0.05) is 38.2 Å². The Balaban J connectivity index is 2.86. The van der Waals surface area contributed by atoms with Gasteiger partial charge in [0.05, 0.1) is 10.6 Å². The highest BCUT2D eigenvalue weighted by molar-refractivity contribution is 8.02. The van der Waals surface area contributed by atoms with Crippen LogP contribution in [0.5, 0.6) is 0 Å². The molecule has 1 heterocycles. The standard InChI is InChI=1S/C16H18N2O4S/c1-17-12(10-13(19)18(2)16(17)21)15(23(3,4)22)14(20)11-8-6-5-7-9-11/h5-10H,1-4H3. The highest BCUT2D eigenvalue weighted by Gasteiger charge is 2.23. The van der Waals surface area contributed by atoms with E-state index in [-0.39, 0.29) is 10.6 Å². The van der Waals surface area contributed by atoms with Gasteiger partial charge in [-0.25, -0.2) is 4.79 Å². The minimum Gasteiger partial charge on any atom is -0.295 e. The van der Waals surface area contributed by atoms with Crippen molar-refractivity contribution in [1.29, 1.82) is 0 Å². The molecule has 0 N–H and O–H groups in total. The quantitative estimate of drug-likeness (QED) is 0.586. The fourth-order valence-corrected chi connectivity index (χ4v) is 3.53. The molecule has 2 rings (SSSR count). The third kappa shape index (κ3) is 3.19. The Labute approximate surface area is 134 Å². The summed E-state index contributed by atoms with van der Waals surface area (Å²) in [4.78, 5) is 36.8. The average molecular weight is 334 g/mol. The molecule has 2 aromatic rings. The second-order valence-electron chi connectivity index (χ2n) is 5.53. The van der Waals surface area contributed by atoms with Gasteiger partial charge in [-0.15, -0.1) is 0 Å². The van der Waals surface area contributed by atoms with Crippen LogP contribution in [-0.2, 0) is 23.6 Å². The van der Waals surface area contributed by atoms with E-state index >= 15 is 0 Å². The van der Waals surface area contributed by atoms with Crippen LogP contribution in [-0.4, -0.2) is 36.5 Å². The Bertz CT molecular complexity index is 999. The Hall–Kier alpha value is -2.41. The molecule has 23 heavy (non-hydrogen) atoms. The zero-order valence-corrected chi connectivity index (χ0v) is 14.2. The Kier molecular flexibility index (Phi) is 4.42. The molecule has 0 aliphatic heterocycles. The molecular formula is C16H18N2O4S. The number of rotatable bonds is 3. The van der Waals surface area contributed by atoms with Crippen molar-refractivity contribution in [3.63, 3.8) is 0 Å². The molecule has 0 radical (unpaired) electrons. The van der Waals surface area contributed by atoms with Crippen LogP contribution in [0.25, 0.3) is 0 Å². The summed E-state index contributed by atoms with van der Waals surface area (Å²) in [6.07, 6.45) is 2.84. The molecule has 0 saturated heterocycles. The van der Waals surface area contributed by atoms with Gasteiger partial charge in [0.25, 0.3) is 5.56 Å². The molecule has 0 amide bonds. The minimum absolute atomic E-state index is 0.0269. The first-order valence-corrected chi connectivity index (χ1v) is 9.20. The maximum atomic E-state index is 12.8. The summed E-state index contributed by atoms with van der Waals surface area (Å²) in [5.41, 5.74) is -0.686. The lowest BCUT2D eigenvalue weighted by Gasteiger charge is -2.14. The first-order valence-electron chi connectivity index (χ1n) is 6.83. The SMILES string of the molecule is Cn1c(C(C(=O)c2ccccc2)=S(C)(C)=O)cc(=O)n(C)c1=O. The number of aromatic nitrogens is 2. The van der Waals surface area contributed by atoms with Gasteiger partial charge in [-0.1, -0.05) is 30.3 Å². The molecule has 0 bridgehead atoms. The molecule has 0 saturated carbocycles. The topological polar surface area (TPSA) is 78.1 Å². The van der Waals surface area contributed by atoms with E-state index in [9.17, 15) is 18.6 Å². The number of nitrogens with zero attached hydrogens (tertiary/aromatic N) is 2. The molecule has 0 aliphatic rings. The number of benzene rings is 1. The van der Waals surface area contributed by atoms with Gasteiger partial charge in [-0.2, -0.15) is 0 Å². The van der Waals surface area contributed by atoms with E-state index in [0.717, 1.165) is 4.57 Å². The van der Waals surface area contributed by atoms with Gasteiger partial charge in [-0.3, -0.25) is 22.9 Å². The lowest BCUT2D eigenvalue weighted by atomic mass is 10.1. The van der Waals surface area contributed by atoms with E-state index in [0.29, 0.717) is 5.56 Å². The van der Waals surface area contributed by atoms with Crippen LogP contribution in [0, 0.1) is 0 Å². The average Bonchev–Trinajstić information content (AvgIpc) is 2.50. The van der Waals surface area contributed by atoms with Crippen LogP contribution in [0.15, 0.2) is 46.0 Å². The molecule has 0 aliphatic carbocycles. The van der Waals surface area contributed by atoms with Crippen molar-refractivity contribution in [1.82, 2.24) is 9.13 Å². The van der Waals surface area contributed by atoms with Crippen LogP contribution >= 0.6 is 0 Å². The molecule has 0 fully saturated rings. The summed E-state index contributed by atoms with van der Waals surface area (Å²) in [5.74, 6) is -0.455. The number of ketones is 1. The third-order valence-electron chi connectivity index (χ3n) is 3.49. The van der Waals surface area contributed by atoms with Crippen LogP contribution < -0.4 is 11.2 Å². The van der Waals surface area contributed by atoms with Crippen LogP contribution in [0.4, 0.5) is 0 Å². The molecule has 122 valence electrons. The normalized spacial score (nSPS) is 11.3. The van der Waals surface area contributed by atoms with Crippen molar-refractivity contribution in [2.75, 3.05) is 12.5 Å². The zero-order chi connectivity index (χ0) is 17.4. The lowest BCUT2D eigenvalue weighted by Crippen LogP contribution is -2.41. The first kappa shape index (κ1) is 17.0. The van der Waals surface area contributed by atoms with Crippen molar-refractivity contribution >= 4 is 20.2 Å². The van der Waals surface area contributed by atoms with Gasteiger partial charge in [0.15, 0.2) is 0 Å². The summed E-state index contributed by atoms with van der Waals surface area (Å²) in [6, 6.07) is 9.53. The van der Waals surface area contributed by atoms with E-state index in [4.69, 9.17) is 0 Å².